The number of amides is 1. The second kappa shape index (κ2) is 9.14. The van der Waals surface area contributed by atoms with E-state index in [1.165, 1.54) is 12.5 Å². The number of nitrogen functional groups attached to an aromatic ring is 1. The van der Waals surface area contributed by atoms with Crippen LogP contribution in [0.25, 0.3) is 11.5 Å². The monoisotopic (exact) mass is 476 g/mol. The standard InChI is InChI=1S/C26H29N5O4/c1-26(33)9-7-18(8-10-26)29-15-17-13-21(19(14-20(17)27)25-28-11-12-35-25)30-24(32)23-4-2-3-22(31(23)34)16-5-6-16/h2-4,11-16,18,27,32-34H,5-10H2,1H3/p+1. The van der Waals surface area contributed by atoms with Crippen LogP contribution < -0.4 is 15.8 Å². The van der Waals surface area contributed by atoms with Crippen LogP contribution in [-0.4, -0.2) is 39.1 Å². The first kappa shape index (κ1) is 23.0. The fraction of sp³-hybridized carbons (Fsp3) is 0.385. The molecule has 0 atom stereocenters. The predicted octanol–water partition coefficient (Wildman–Crippen LogP) is 3.69. The summed E-state index contributed by atoms with van der Waals surface area (Å²) in [6, 6.07) is 8.72. The van der Waals surface area contributed by atoms with Crippen molar-refractivity contribution in [2.45, 2.75) is 63.0 Å². The number of carbonyl (C=O) groups is 1. The Morgan fingerprint density at radius 3 is 2.74 bits per heavy atom. The van der Waals surface area contributed by atoms with E-state index in [0.29, 0.717) is 41.2 Å². The van der Waals surface area contributed by atoms with E-state index >= 15 is 0 Å². The van der Waals surface area contributed by atoms with Crippen molar-refractivity contribution < 1.29 is 24.3 Å². The Kier molecular flexibility index (Phi) is 6.02. The van der Waals surface area contributed by atoms with Gasteiger partial charge in [-0.1, -0.05) is 0 Å². The molecule has 1 amide bonds. The number of benzene rings is 1. The van der Waals surface area contributed by atoms with E-state index in [2.05, 4.69) is 10.3 Å². The molecule has 1 aromatic carbocycles. The molecule has 0 radical (unpaired) electrons. The highest BCUT2D eigenvalue weighted by Crippen LogP contribution is 2.38. The SMILES string of the molecule is CC1(O)CCC(N=Cc2cc(NC(=O)c3cccc(C4CC4)[n+]3O)c(-c3ncco3)cc2N)CC1. The second-order valence-electron chi connectivity index (χ2n) is 9.75. The fourth-order valence-corrected chi connectivity index (χ4v) is 4.51. The van der Waals surface area contributed by atoms with Gasteiger partial charge in [0.1, 0.15) is 6.26 Å². The molecule has 9 nitrogen and oxygen atoms in total. The van der Waals surface area contributed by atoms with E-state index < -0.39 is 11.5 Å². The molecule has 35 heavy (non-hydrogen) atoms. The van der Waals surface area contributed by atoms with E-state index in [1.807, 2.05) is 13.0 Å². The molecule has 2 aliphatic rings. The van der Waals surface area contributed by atoms with Gasteiger partial charge in [-0.05, 0) is 63.6 Å². The second-order valence-corrected chi connectivity index (χ2v) is 9.75. The zero-order chi connectivity index (χ0) is 24.6. The summed E-state index contributed by atoms with van der Waals surface area (Å²) < 4.78 is 6.44. The number of anilines is 2. The summed E-state index contributed by atoms with van der Waals surface area (Å²) in [6.45, 7) is 1.86. The molecule has 9 heteroatoms. The summed E-state index contributed by atoms with van der Waals surface area (Å²) in [5, 5.41) is 23.7. The van der Waals surface area contributed by atoms with Gasteiger partial charge in [-0.3, -0.25) is 15.0 Å². The number of aromatic nitrogens is 2. The molecule has 2 aliphatic carbocycles. The third-order valence-electron chi connectivity index (χ3n) is 6.81. The van der Waals surface area contributed by atoms with Crippen LogP contribution in [0.1, 0.15) is 73.1 Å². The number of nitrogens with two attached hydrogens (primary N) is 1. The van der Waals surface area contributed by atoms with E-state index in [-0.39, 0.29) is 17.7 Å². The number of hydrogen-bond donors (Lipinski definition) is 4. The van der Waals surface area contributed by atoms with Crippen LogP contribution in [0, 0.1) is 0 Å². The fourth-order valence-electron chi connectivity index (χ4n) is 4.51. The zero-order valence-corrected chi connectivity index (χ0v) is 19.6. The van der Waals surface area contributed by atoms with Crippen molar-refractivity contribution in [2.75, 3.05) is 11.1 Å². The van der Waals surface area contributed by atoms with Crippen LogP contribution >= 0.6 is 0 Å². The highest BCUT2D eigenvalue weighted by atomic mass is 16.5. The largest absolute Gasteiger partial charge is 0.444 e. The van der Waals surface area contributed by atoms with Gasteiger partial charge in [0.25, 0.3) is 0 Å². The molecule has 3 aromatic rings. The van der Waals surface area contributed by atoms with Gasteiger partial charge >= 0.3 is 11.6 Å². The van der Waals surface area contributed by atoms with Gasteiger partial charge in [0.15, 0.2) is 0 Å². The maximum Gasteiger partial charge on any atom is 0.325 e. The summed E-state index contributed by atoms with van der Waals surface area (Å²) >= 11 is 0. The molecule has 2 fully saturated rings. The first-order valence-corrected chi connectivity index (χ1v) is 12.0. The zero-order valence-electron chi connectivity index (χ0n) is 19.6. The van der Waals surface area contributed by atoms with Crippen molar-refractivity contribution in [3.63, 3.8) is 0 Å². The normalized spacial score (nSPS) is 22.4. The maximum atomic E-state index is 13.2. The van der Waals surface area contributed by atoms with Crippen molar-refractivity contribution in [3.05, 3.63) is 59.7 Å². The Hall–Kier alpha value is -3.72. The van der Waals surface area contributed by atoms with Crippen LogP contribution in [0.2, 0.25) is 0 Å². The molecule has 5 N–H and O–H groups in total. The molecule has 5 rings (SSSR count). The van der Waals surface area contributed by atoms with E-state index in [9.17, 15) is 15.1 Å². The van der Waals surface area contributed by atoms with Gasteiger partial charge in [-0.25, -0.2) is 4.98 Å². The van der Waals surface area contributed by atoms with Gasteiger partial charge < -0.3 is 20.6 Å². The summed E-state index contributed by atoms with van der Waals surface area (Å²) in [5.74, 6) is 0.122. The number of aliphatic hydroxyl groups is 1. The lowest BCUT2D eigenvalue weighted by Crippen LogP contribution is -2.43. The smallest absolute Gasteiger partial charge is 0.325 e. The molecule has 0 bridgehead atoms. The summed E-state index contributed by atoms with van der Waals surface area (Å²) in [7, 11) is 0. The van der Waals surface area contributed by atoms with Gasteiger partial charge in [0.2, 0.25) is 11.6 Å². The molecule has 2 heterocycles. The van der Waals surface area contributed by atoms with Crippen LogP contribution in [-0.2, 0) is 0 Å². The van der Waals surface area contributed by atoms with E-state index in [0.717, 1.165) is 36.1 Å². The van der Waals surface area contributed by atoms with Crippen LogP contribution in [0.4, 0.5) is 11.4 Å². The van der Waals surface area contributed by atoms with Crippen molar-refractivity contribution in [1.29, 1.82) is 0 Å². The lowest BCUT2D eigenvalue weighted by molar-refractivity contribution is -0.910. The number of carbonyl (C=O) groups excluding carboxylic acids is 1. The summed E-state index contributed by atoms with van der Waals surface area (Å²) in [6.07, 6.45) is 9.69. The van der Waals surface area contributed by atoms with E-state index in [1.54, 1.807) is 30.5 Å². The van der Waals surface area contributed by atoms with Crippen LogP contribution in [0.3, 0.4) is 0 Å². The van der Waals surface area contributed by atoms with Crippen molar-refractivity contribution in [1.82, 2.24) is 4.98 Å². The van der Waals surface area contributed by atoms with Crippen molar-refractivity contribution >= 4 is 23.5 Å². The molecular formula is C26H30N5O4+. The van der Waals surface area contributed by atoms with E-state index in [4.69, 9.17) is 15.1 Å². The van der Waals surface area contributed by atoms with Gasteiger partial charge in [-0.15, -0.1) is 0 Å². The number of aliphatic imine (C=N–C) groups is 1. The van der Waals surface area contributed by atoms with Gasteiger partial charge in [-0.2, -0.15) is 0 Å². The van der Waals surface area contributed by atoms with Gasteiger partial charge in [0, 0.05) is 40.2 Å². The molecule has 0 spiro atoms. The van der Waals surface area contributed by atoms with Crippen molar-refractivity contribution in [3.8, 4) is 11.5 Å². The Morgan fingerprint density at radius 1 is 1.29 bits per heavy atom. The topological polar surface area (TPSA) is 138 Å². The molecular weight excluding hydrogens is 446 g/mol. The Balaban J connectivity index is 1.44. The highest BCUT2D eigenvalue weighted by Gasteiger charge is 2.36. The van der Waals surface area contributed by atoms with Crippen LogP contribution in [0.5, 0.6) is 0 Å². The minimum absolute atomic E-state index is 0.109. The lowest BCUT2D eigenvalue weighted by atomic mass is 9.84. The minimum Gasteiger partial charge on any atom is -0.444 e. The number of nitrogens with zero attached hydrogens (tertiary/aromatic N) is 3. The Bertz CT molecular complexity index is 1250. The molecule has 2 saturated carbocycles. The molecule has 0 saturated heterocycles. The number of oxazole rings is 1. The Labute approximate surface area is 203 Å². The van der Waals surface area contributed by atoms with Gasteiger partial charge in [0.05, 0.1) is 29.1 Å². The Morgan fingerprint density at radius 2 is 2.06 bits per heavy atom. The third kappa shape index (κ3) is 5.05. The number of pyridine rings is 1. The number of hydrogen-bond acceptors (Lipinski definition) is 7. The maximum absolute atomic E-state index is 13.2. The number of rotatable bonds is 6. The molecule has 0 unspecified atom stereocenters. The quantitative estimate of drug-likeness (QED) is 0.185. The average Bonchev–Trinajstić information content (AvgIpc) is 3.53. The van der Waals surface area contributed by atoms with Crippen molar-refractivity contribution in [2.24, 2.45) is 4.99 Å². The molecule has 0 aliphatic heterocycles. The average molecular weight is 477 g/mol. The highest BCUT2D eigenvalue weighted by molar-refractivity contribution is 6.05. The first-order valence-electron chi connectivity index (χ1n) is 12.0. The summed E-state index contributed by atoms with van der Waals surface area (Å²) in [4.78, 5) is 22.1. The molecule has 2 aromatic heterocycles. The molecule has 182 valence electrons. The minimum atomic E-state index is -0.624. The first-order chi connectivity index (χ1) is 16.8. The third-order valence-corrected chi connectivity index (χ3v) is 6.81. The van der Waals surface area contributed by atoms with Crippen LogP contribution in [0.15, 0.2) is 52.2 Å². The lowest BCUT2D eigenvalue weighted by Gasteiger charge is -2.31. The predicted molar refractivity (Wildman–Crippen MR) is 131 cm³/mol. The number of nitrogens with one attached hydrogen (secondary N) is 1. The summed E-state index contributed by atoms with van der Waals surface area (Å²) in [5.41, 5.74) is 8.64.